The average molecular weight is 300 g/mol. The van der Waals surface area contributed by atoms with Crippen molar-refractivity contribution in [2.75, 3.05) is 7.11 Å². The lowest BCUT2D eigenvalue weighted by Gasteiger charge is -2.09. The first-order chi connectivity index (χ1) is 10.4. The van der Waals surface area contributed by atoms with Crippen LogP contribution in [0.3, 0.4) is 0 Å². The van der Waals surface area contributed by atoms with Gasteiger partial charge in [0.15, 0.2) is 11.5 Å². The van der Waals surface area contributed by atoms with Crippen LogP contribution >= 0.6 is 0 Å². The van der Waals surface area contributed by atoms with E-state index in [-0.39, 0.29) is 11.3 Å². The monoisotopic (exact) mass is 300 g/mol. The molecule has 6 heteroatoms. The highest BCUT2D eigenvalue weighted by molar-refractivity contribution is 6.00. The van der Waals surface area contributed by atoms with Crippen LogP contribution in [0, 0.1) is 11.3 Å². The van der Waals surface area contributed by atoms with Crippen molar-refractivity contribution in [1.82, 2.24) is 0 Å². The van der Waals surface area contributed by atoms with Crippen molar-refractivity contribution in [1.29, 1.82) is 5.26 Å². The van der Waals surface area contributed by atoms with Gasteiger partial charge in [-0.25, -0.2) is 4.79 Å². The quantitative estimate of drug-likeness (QED) is 0.387. The third-order valence-corrected chi connectivity index (χ3v) is 2.50. The summed E-state index contributed by atoms with van der Waals surface area (Å²) >= 11 is 0. The molecule has 114 valence electrons. The van der Waals surface area contributed by atoms with E-state index in [0.29, 0.717) is 11.3 Å². The fraction of sp³-hybridized carbons (Fsp3) is 0.188. The van der Waals surface area contributed by atoms with Gasteiger partial charge in [0.25, 0.3) is 5.91 Å². The molecule has 1 aromatic carbocycles. The molecule has 0 radical (unpaired) electrons. The molecule has 1 amide bonds. The molecule has 0 aromatic heterocycles. The molecule has 0 unspecified atom stereocenters. The zero-order chi connectivity index (χ0) is 16.7. The second-order valence-corrected chi connectivity index (χ2v) is 4.59. The van der Waals surface area contributed by atoms with Crippen LogP contribution in [0.1, 0.15) is 19.4 Å². The van der Waals surface area contributed by atoms with Gasteiger partial charge in [-0.1, -0.05) is 11.6 Å². The van der Waals surface area contributed by atoms with Crippen LogP contribution < -0.4 is 15.2 Å². The van der Waals surface area contributed by atoms with Crippen molar-refractivity contribution in [3.05, 3.63) is 41.0 Å². The van der Waals surface area contributed by atoms with E-state index in [0.717, 1.165) is 5.57 Å². The van der Waals surface area contributed by atoms with E-state index in [4.69, 9.17) is 20.5 Å². The summed E-state index contributed by atoms with van der Waals surface area (Å²) in [6.07, 6.45) is 2.68. The second kappa shape index (κ2) is 7.64. The lowest BCUT2D eigenvalue weighted by atomic mass is 10.1. The number of hydrogen-bond acceptors (Lipinski definition) is 5. The van der Waals surface area contributed by atoms with Gasteiger partial charge in [-0.2, -0.15) is 5.26 Å². The first kappa shape index (κ1) is 17.0. The number of nitrogens with zero attached hydrogens (tertiary/aromatic N) is 1. The van der Waals surface area contributed by atoms with Gasteiger partial charge in [-0.05, 0) is 37.6 Å². The second-order valence-electron chi connectivity index (χ2n) is 4.59. The Hall–Kier alpha value is -3.07. The minimum absolute atomic E-state index is 0.184. The molecule has 0 fully saturated rings. The van der Waals surface area contributed by atoms with E-state index in [1.54, 1.807) is 26.0 Å². The molecule has 0 bridgehead atoms. The number of methoxy groups -OCH3 is 1. The zero-order valence-corrected chi connectivity index (χ0v) is 12.5. The van der Waals surface area contributed by atoms with E-state index < -0.39 is 11.9 Å². The zero-order valence-electron chi connectivity index (χ0n) is 12.5. The number of benzene rings is 1. The predicted molar refractivity (Wildman–Crippen MR) is 80.8 cm³/mol. The summed E-state index contributed by atoms with van der Waals surface area (Å²) in [5.41, 5.74) is 6.22. The maximum atomic E-state index is 11.6. The topological polar surface area (TPSA) is 102 Å². The number of primary amides is 1. The average Bonchev–Trinajstić information content (AvgIpc) is 2.44. The number of hydrogen-bond donors (Lipinski definition) is 1. The number of allylic oxidation sites excluding steroid dienone is 1. The molecule has 0 saturated heterocycles. The molecular formula is C16H16N2O4. The van der Waals surface area contributed by atoms with Gasteiger partial charge in [0.1, 0.15) is 11.6 Å². The first-order valence-corrected chi connectivity index (χ1v) is 6.33. The maximum absolute atomic E-state index is 11.6. The molecular weight excluding hydrogens is 284 g/mol. The van der Waals surface area contributed by atoms with Crippen molar-refractivity contribution >= 4 is 18.0 Å². The van der Waals surface area contributed by atoms with Crippen molar-refractivity contribution in [2.24, 2.45) is 5.73 Å². The predicted octanol–water partition coefficient (Wildman–Crippen LogP) is 1.96. The Morgan fingerprint density at radius 1 is 1.27 bits per heavy atom. The molecule has 0 aliphatic rings. The Kier molecular flexibility index (Phi) is 5.90. The Labute approximate surface area is 128 Å². The number of carbonyl (C=O) groups excluding carboxylic acids is 2. The molecule has 22 heavy (non-hydrogen) atoms. The fourth-order valence-electron chi connectivity index (χ4n) is 1.56. The number of esters is 1. The minimum Gasteiger partial charge on any atom is -0.493 e. The molecule has 0 heterocycles. The van der Waals surface area contributed by atoms with Gasteiger partial charge in [0, 0.05) is 6.08 Å². The van der Waals surface area contributed by atoms with Gasteiger partial charge in [0.05, 0.1) is 7.11 Å². The van der Waals surface area contributed by atoms with Gasteiger partial charge >= 0.3 is 5.97 Å². The van der Waals surface area contributed by atoms with E-state index in [1.807, 2.05) is 0 Å². The van der Waals surface area contributed by atoms with Crippen molar-refractivity contribution in [3.8, 4) is 17.6 Å². The lowest BCUT2D eigenvalue weighted by molar-refractivity contribution is -0.129. The normalized spacial score (nSPS) is 10.4. The summed E-state index contributed by atoms with van der Waals surface area (Å²) in [4.78, 5) is 22.6. The van der Waals surface area contributed by atoms with E-state index in [2.05, 4.69) is 0 Å². The molecule has 2 N–H and O–H groups in total. The number of nitriles is 1. The summed E-state index contributed by atoms with van der Waals surface area (Å²) in [6.45, 7) is 3.55. The Bertz CT molecular complexity index is 693. The number of nitrogens with two attached hydrogens (primary N) is 1. The molecule has 0 atom stereocenters. The summed E-state index contributed by atoms with van der Waals surface area (Å²) in [5.74, 6) is -0.803. The van der Waals surface area contributed by atoms with Crippen LogP contribution in [0.4, 0.5) is 0 Å². The molecule has 0 aliphatic carbocycles. The largest absolute Gasteiger partial charge is 0.493 e. The molecule has 6 nitrogen and oxygen atoms in total. The van der Waals surface area contributed by atoms with Crippen molar-refractivity contribution < 1.29 is 19.1 Å². The van der Waals surface area contributed by atoms with Gasteiger partial charge in [0.2, 0.25) is 0 Å². The van der Waals surface area contributed by atoms with E-state index in [9.17, 15) is 9.59 Å². The maximum Gasteiger partial charge on any atom is 0.336 e. The first-order valence-electron chi connectivity index (χ1n) is 6.33. The highest BCUT2D eigenvalue weighted by atomic mass is 16.6. The number of ether oxygens (including phenoxy) is 2. The molecule has 0 spiro atoms. The van der Waals surface area contributed by atoms with Gasteiger partial charge < -0.3 is 15.2 Å². The summed E-state index contributed by atoms with van der Waals surface area (Å²) in [7, 11) is 1.42. The summed E-state index contributed by atoms with van der Waals surface area (Å²) in [6, 6.07) is 6.33. The number of rotatable bonds is 5. The van der Waals surface area contributed by atoms with Crippen LogP contribution in [0.25, 0.3) is 6.08 Å². The SMILES string of the molecule is COc1cc(/C=C(\C#N)C(N)=O)ccc1OC(=O)C=C(C)C. The van der Waals surface area contributed by atoms with Gasteiger partial charge in [-0.15, -0.1) is 0 Å². The van der Waals surface area contributed by atoms with Crippen LogP contribution in [-0.4, -0.2) is 19.0 Å². The summed E-state index contributed by atoms with van der Waals surface area (Å²) in [5, 5.41) is 8.82. The van der Waals surface area contributed by atoms with Crippen LogP contribution in [0.2, 0.25) is 0 Å². The Balaban J connectivity index is 3.12. The third kappa shape index (κ3) is 4.80. The minimum atomic E-state index is -0.819. The number of carbonyl (C=O) groups is 2. The van der Waals surface area contributed by atoms with Crippen LogP contribution in [0.15, 0.2) is 35.4 Å². The Morgan fingerprint density at radius 2 is 1.95 bits per heavy atom. The molecule has 0 saturated carbocycles. The molecule has 0 aliphatic heterocycles. The molecule has 1 aromatic rings. The molecule has 1 rings (SSSR count). The Morgan fingerprint density at radius 3 is 2.45 bits per heavy atom. The third-order valence-electron chi connectivity index (χ3n) is 2.50. The van der Waals surface area contributed by atoms with Crippen LogP contribution in [-0.2, 0) is 9.59 Å². The van der Waals surface area contributed by atoms with Crippen molar-refractivity contribution in [3.63, 3.8) is 0 Å². The summed E-state index contributed by atoms with van der Waals surface area (Å²) < 4.78 is 10.3. The lowest BCUT2D eigenvalue weighted by Crippen LogP contribution is -2.12. The van der Waals surface area contributed by atoms with E-state index >= 15 is 0 Å². The van der Waals surface area contributed by atoms with E-state index in [1.165, 1.54) is 31.4 Å². The van der Waals surface area contributed by atoms with Gasteiger partial charge in [-0.3, -0.25) is 4.79 Å². The fourth-order valence-corrected chi connectivity index (χ4v) is 1.56. The number of amides is 1. The highest BCUT2D eigenvalue weighted by Crippen LogP contribution is 2.29. The smallest absolute Gasteiger partial charge is 0.336 e. The highest BCUT2D eigenvalue weighted by Gasteiger charge is 2.10. The standard InChI is InChI=1S/C16H16N2O4/c1-10(2)6-15(19)22-13-5-4-11(8-14(13)21-3)7-12(9-17)16(18)20/h4-8H,1-3H3,(H2,18,20)/b12-7+. The van der Waals surface area contributed by atoms with Crippen LogP contribution in [0.5, 0.6) is 11.5 Å². The van der Waals surface area contributed by atoms with Crippen molar-refractivity contribution in [2.45, 2.75) is 13.8 Å².